The zero-order valence-corrected chi connectivity index (χ0v) is 14.3. The quantitative estimate of drug-likeness (QED) is 0.926. The molecule has 1 aliphatic rings. The number of nitrogens with zero attached hydrogens (tertiary/aromatic N) is 2. The van der Waals surface area contributed by atoms with Crippen LogP contribution in [0.1, 0.15) is 34.7 Å². The minimum atomic E-state index is -0.587. The number of carbonyl (C=O) groups is 2. The summed E-state index contributed by atoms with van der Waals surface area (Å²) >= 11 is 6.20. The molecule has 0 bridgehead atoms. The number of aromatic nitrogens is 1. The van der Waals surface area contributed by atoms with E-state index in [1.54, 1.807) is 30.9 Å². The fraction of sp³-hybridized carbons (Fsp3) is 0.353. The van der Waals surface area contributed by atoms with E-state index < -0.39 is 6.04 Å². The predicted molar refractivity (Wildman–Crippen MR) is 90.3 cm³/mol. The highest BCUT2D eigenvalue weighted by molar-refractivity contribution is 6.33. The van der Waals surface area contributed by atoms with Crippen LogP contribution in [0.3, 0.4) is 0 Å². The van der Waals surface area contributed by atoms with Gasteiger partial charge in [0, 0.05) is 6.54 Å². The Balaban J connectivity index is 1.79. The summed E-state index contributed by atoms with van der Waals surface area (Å²) in [6.07, 6.45) is 1.37. The van der Waals surface area contributed by atoms with Gasteiger partial charge >= 0.3 is 0 Å². The SMILES string of the molecule is Cc1noc(C)c1C(=O)N[C@H]1CCCN(c2ccccc2Cl)C1=O. The van der Waals surface area contributed by atoms with E-state index in [0.717, 1.165) is 6.42 Å². The molecule has 126 valence electrons. The first-order chi connectivity index (χ1) is 11.5. The molecular weight excluding hydrogens is 330 g/mol. The van der Waals surface area contributed by atoms with Crippen molar-refractivity contribution >= 4 is 29.1 Å². The van der Waals surface area contributed by atoms with Crippen LogP contribution in [0.2, 0.25) is 5.02 Å². The van der Waals surface area contributed by atoms with Crippen molar-refractivity contribution in [1.82, 2.24) is 10.5 Å². The van der Waals surface area contributed by atoms with E-state index in [9.17, 15) is 9.59 Å². The summed E-state index contributed by atoms with van der Waals surface area (Å²) in [6, 6.07) is 6.61. The van der Waals surface area contributed by atoms with Crippen LogP contribution in [0.25, 0.3) is 0 Å². The van der Waals surface area contributed by atoms with Gasteiger partial charge in [-0.1, -0.05) is 28.9 Å². The smallest absolute Gasteiger partial charge is 0.257 e. The number of benzene rings is 1. The van der Waals surface area contributed by atoms with Crippen molar-refractivity contribution in [3.05, 3.63) is 46.3 Å². The highest BCUT2D eigenvalue weighted by Crippen LogP contribution is 2.28. The third-order valence-electron chi connectivity index (χ3n) is 4.15. The Kier molecular flexibility index (Phi) is 4.57. The van der Waals surface area contributed by atoms with Gasteiger partial charge in [0.1, 0.15) is 17.4 Å². The third kappa shape index (κ3) is 3.01. The molecule has 1 saturated heterocycles. The zero-order chi connectivity index (χ0) is 17.3. The normalized spacial score (nSPS) is 17.9. The van der Waals surface area contributed by atoms with Gasteiger partial charge in [-0.2, -0.15) is 0 Å². The molecule has 1 aliphatic heterocycles. The minimum absolute atomic E-state index is 0.158. The molecule has 1 aromatic carbocycles. The lowest BCUT2D eigenvalue weighted by Crippen LogP contribution is -2.52. The molecule has 3 rings (SSSR count). The van der Waals surface area contributed by atoms with Gasteiger partial charge in [0.25, 0.3) is 5.91 Å². The number of amides is 2. The van der Waals surface area contributed by atoms with Crippen LogP contribution in [-0.2, 0) is 4.79 Å². The first kappa shape index (κ1) is 16.5. The van der Waals surface area contributed by atoms with Crippen molar-refractivity contribution in [3.63, 3.8) is 0 Å². The van der Waals surface area contributed by atoms with Gasteiger partial charge in [-0.25, -0.2) is 0 Å². The van der Waals surface area contributed by atoms with E-state index in [0.29, 0.717) is 40.7 Å². The molecule has 0 radical (unpaired) electrons. The van der Waals surface area contributed by atoms with Crippen molar-refractivity contribution in [2.75, 3.05) is 11.4 Å². The molecular formula is C17H18ClN3O3. The Labute approximate surface area is 144 Å². The van der Waals surface area contributed by atoms with Gasteiger partial charge in [0.15, 0.2) is 0 Å². The number of rotatable bonds is 3. The van der Waals surface area contributed by atoms with Crippen LogP contribution in [-0.4, -0.2) is 29.6 Å². The molecule has 0 aliphatic carbocycles. The van der Waals surface area contributed by atoms with Crippen molar-refractivity contribution in [3.8, 4) is 0 Å². The number of piperidine rings is 1. The molecule has 1 atom stereocenters. The Morgan fingerprint density at radius 1 is 1.38 bits per heavy atom. The maximum Gasteiger partial charge on any atom is 0.257 e. The number of anilines is 1. The van der Waals surface area contributed by atoms with Crippen molar-refractivity contribution < 1.29 is 14.1 Å². The minimum Gasteiger partial charge on any atom is -0.361 e. The summed E-state index contributed by atoms with van der Waals surface area (Å²) in [4.78, 5) is 26.9. The van der Waals surface area contributed by atoms with Crippen LogP contribution in [0.5, 0.6) is 0 Å². The van der Waals surface area contributed by atoms with E-state index >= 15 is 0 Å². The number of halogens is 1. The molecule has 0 saturated carbocycles. The Bertz CT molecular complexity index is 768. The molecule has 6 nitrogen and oxygen atoms in total. The van der Waals surface area contributed by atoms with Gasteiger partial charge < -0.3 is 14.7 Å². The second-order valence-corrected chi connectivity index (χ2v) is 6.22. The van der Waals surface area contributed by atoms with Crippen molar-refractivity contribution in [2.24, 2.45) is 0 Å². The van der Waals surface area contributed by atoms with E-state index in [1.165, 1.54) is 0 Å². The second-order valence-electron chi connectivity index (χ2n) is 5.81. The van der Waals surface area contributed by atoms with Crippen LogP contribution in [0.15, 0.2) is 28.8 Å². The molecule has 0 spiro atoms. The summed E-state index contributed by atoms with van der Waals surface area (Å²) < 4.78 is 5.01. The van der Waals surface area contributed by atoms with Crippen molar-refractivity contribution in [2.45, 2.75) is 32.7 Å². The molecule has 1 fully saturated rings. The summed E-state index contributed by atoms with van der Waals surface area (Å²) in [5.41, 5.74) is 1.56. The number of hydrogen-bond donors (Lipinski definition) is 1. The predicted octanol–water partition coefficient (Wildman–Crippen LogP) is 2.87. The lowest BCUT2D eigenvalue weighted by molar-refractivity contribution is -0.121. The monoisotopic (exact) mass is 347 g/mol. The van der Waals surface area contributed by atoms with Gasteiger partial charge in [-0.05, 0) is 38.8 Å². The fourth-order valence-corrected chi connectivity index (χ4v) is 3.19. The Morgan fingerprint density at radius 2 is 2.12 bits per heavy atom. The average Bonchev–Trinajstić information content (AvgIpc) is 2.89. The van der Waals surface area contributed by atoms with Gasteiger partial charge in [-0.3, -0.25) is 9.59 Å². The molecule has 2 heterocycles. The van der Waals surface area contributed by atoms with Gasteiger partial charge in [0.2, 0.25) is 5.91 Å². The maximum absolute atomic E-state index is 12.8. The maximum atomic E-state index is 12.8. The van der Waals surface area contributed by atoms with Crippen LogP contribution >= 0.6 is 11.6 Å². The fourth-order valence-electron chi connectivity index (χ4n) is 2.96. The molecule has 24 heavy (non-hydrogen) atoms. The molecule has 2 aromatic rings. The number of nitrogens with one attached hydrogen (secondary N) is 1. The van der Waals surface area contributed by atoms with Gasteiger partial charge in [0.05, 0.1) is 16.4 Å². The summed E-state index contributed by atoms with van der Waals surface area (Å²) in [5, 5.41) is 7.09. The van der Waals surface area contributed by atoms with Crippen LogP contribution in [0.4, 0.5) is 5.69 Å². The van der Waals surface area contributed by atoms with Crippen LogP contribution < -0.4 is 10.2 Å². The standard InChI is InChI=1S/C17H18ClN3O3/c1-10-15(11(2)24-20-10)16(22)19-13-7-5-9-21(17(13)23)14-8-4-3-6-12(14)18/h3-4,6,8,13H,5,7,9H2,1-2H3,(H,19,22)/t13-/m0/s1. The van der Waals surface area contributed by atoms with E-state index in [1.807, 2.05) is 12.1 Å². The summed E-state index contributed by atoms with van der Waals surface area (Å²) in [6.45, 7) is 3.96. The molecule has 0 unspecified atom stereocenters. The number of aryl methyl sites for hydroxylation is 2. The number of hydrogen-bond acceptors (Lipinski definition) is 4. The molecule has 1 aromatic heterocycles. The topological polar surface area (TPSA) is 75.4 Å². The van der Waals surface area contributed by atoms with Crippen LogP contribution in [0, 0.1) is 13.8 Å². The summed E-state index contributed by atoms with van der Waals surface area (Å²) in [7, 11) is 0. The molecule has 1 N–H and O–H groups in total. The average molecular weight is 348 g/mol. The first-order valence-electron chi connectivity index (χ1n) is 7.78. The Hall–Kier alpha value is -2.34. The summed E-state index contributed by atoms with van der Waals surface area (Å²) in [5.74, 6) is -0.0590. The first-order valence-corrected chi connectivity index (χ1v) is 8.16. The Morgan fingerprint density at radius 3 is 2.79 bits per heavy atom. The highest BCUT2D eigenvalue weighted by atomic mass is 35.5. The van der Waals surface area contributed by atoms with Crippen molar-refractivity contribution in [1.29, 1.82) is 0 Å². The second kappa shape index (κ2) is 6.65. The van der Waals surface area contributed by atoms with Gasteiger partial charge in [-0.15, -0.1) is 0 Å². The lowest BCUT2D eigenvalue weighted by Gasteiger charge is -2.33. The number of para-hydroxylation sites is 1. The third-order valence-corrected chi connectivity index (χ3v) is 4.47. The molecule has 2 amide bonds. The zero-order valence-electron chi connectivity index (χ0n) is 13.5. The van der Waals surface area contributed by atoms with E-state index in [4.69, 9.17) is 16.1 Å². The number of carbonyl (C=O) groups excluding carboxylic acids is 2. The largest absolute Gasteiger partial charge is 0.361 e. The van der Waals surface area contributed by atoms with E-state index in [-0.39, 0.29) is 11.8 Å². The highest BCUT2D eigenvalue weighted by Gasteiger charge is 2.32. The lowest BCUT2D eigenvalue weighted by atomic mass is 10.0. The molecule has 7 heteroatoms. The van der Waals surface area contributed by atoms with E-state index in [2.05, 4.69) is 10.5 Å².